The van der Waals surface area contributed by atoms with Gasteiger partial charge in [-0.25, -0.2) is 25.5 Å². The Morgan fingerprint density at radius 3 is 1.95 bits per heavy atom. The van der Waals surface area contributed by atoms with Crippen LogP contribution in [0.3, 0.4) is 0 Å². The van der Waals surface area contributed by atoms with Crippen molar-refractivity contribution in [3.05, 3.63) is 120 Å². The van der Waals surface area contributed by atoms with Crippen molar-refractivity contribution in [3.8, 4) is 11.1 Å². The lowest BCUT2D eigenvalue weighted by Crippen LogP contribution is -2.29. The van der Waals surface area contributed by atoms with Crippen molar-refractivity contribution in [3.63, 3.8) is 0 Å². The fraction of sp³-hybridized carbons (Fsp3) is 0.103. The molecule has 1 heterocycles. The number of sulfonamides is 1. The molecule has 5 rings (SSSR count). The number of benzene rings is 4. The van der Waals surface area contributed by atoms with Gasteiger partial charge in [-0.05, 0) is 34.9 Å². The molecule has 5 aromatic rings. The van der Waals surface area contributed by atoms with E-state index in [0.717, 1.165) is 20.7 Å². The third kappa shape index (κ3) is 4.89. The number of aromatic nitrogens is 1. The van der Waals surface area contributed by atoms with Crippen molar-refractivity contribution < 1.29 is 21.6 Å². The minimum absolute atomic E-state index is 0.0160. The maximum atomic E-state index is 13.8. The molecule has 0 saturated heterocycles. The Labute approximate surface area is 222 Å². The van der Waals surface area contributed by atoms with E-state index in [-0.39, 0.29) is 34.2 Å². The van der Waals surface area contributed by atoms with Crippen molar-refractivity contribution in [2.45, 2.75) is 23.1 Å². The Morgan fingerprint density at radius 2 is 1.29 bits per heavy atom. The molecule has 0 saturated carbocycles. The largest absolute Gasteiger partial charge is 0.380 e. The lowest BCUT2D eigenvalue weighted by atomic mass is 10.0. The number of ether oxygens (including phenoxy) is 1. The third-order valence-corrected chi connectivity index (χ3v) is 9.55. The number of nitrogens with zero attached hydrogens (tertiary/aromatic N) is 1. The summed E-state index contributed by atoms with van der Waals surface area (Å²) in [6.07, 6.45) is 0. The molecule has 0 unspecified atom stereocenters. The van der Waals surface area contributed by atoms with E-state index >= 15 is 0 Å². The summed E-state index contributed by atoms with van der Waals surface area (Å²) in [6.45, 7) is -0.101. The van der Waals surface area contributed by atoms with E-state index in [1.807, 2.05) is 54.6 Å². The maximum absolute atomic E-state index is 13.8. The minimum Gasteiger partial charge on any atom is -0.380 e. The molecule has 0 spiro atoms. The van der Waals surface area contributed by atoms with Crippen LogP contribution >= 0.6 is 0 Å². The van der Waals surface area contributed by atoms with Crippen LogP contribution < -0.4 is 4.72 Å². The summed E-state index contributed by atoms with van der Waals surface area (Å²) in [5, 5.41) is 0.131. The highest BCUT2D eigenvalue weighted by molar-refractivity contribution is 7.92. The average Bonchev–Trinajstić information content (AvgIpc) is 3.29. The first-order chi connectivity index (χ1) is 18.3. The molecule has 0 aliphatic heterocycles. The Bertz CT molecular complexity index is 1780. The van der Waals surface area contributed by atoms with Crippen LogP contribution in [0.4, 0.5) is 0 Å². The normalized spacial score (nSPS) is 12.1. The third-order valence-electron chi connectivity index (χ3n) is 6.24. The molecule has 0 aliphatic carbocycles. The fourth-order valence-electron chi connectivity index (χ4n) is 4.44. The monoisotopic (exact) mass is 546 g/mol. The Kier molecular flexibility index (Phi) is 7.18. The van der Waals surface area contributed by atoms with Gasteiger partial charge in [0.25, 0.3) is 20.0 Å². The van der Waals surface area contributed by atoms with Gasteiger partial charge in [0.05, 0.1) is 17.0 Å². The number of hydrogen-bond acceptors (Lipinski definition) is 5. The molecule has 194 valence electrons. The molecule has 1 N–H and O–H groups in total. The summed E-state index contributed by atoms with van der Waals surface area (Å²) in [7, 11) is -7.12. The number of nitrogens with one attached hydrogen (secondary N) is 1. The van der Waals surface area contributed by atoms with Crippen molar-refractivity contribution in [2.75, 3.05) is 7.11 Å². The molecule has 0 fully saturated rings. The Hall–Kier alpha value is -3.76. The Balaban J connectivity index is 1.57. The average molecular weight is 547 g/mol. The van der Waals surface area contributed by atoms with E-state index in [2.05, 4.69) is 4.72 Å². The molecule has 38 heavy (non-hydrogen) atoms. The van der Waals surface area contributed by atoms with Crippen molar-refractivity contribution in [2.24, 2.45) is 0 Å². The predicted octanol–water partition coefficient (Wildman–Crippen LogP) is 5.17. The van der Waals surface area contributed by atoms with Crippen LogP contribution in [0.5, 0.6) is 0 Å². The van der Waals surface area contributed by atoms with E-state index in [4.69, 9.17) is 4.74 Å². The van der Waals surface area contributed by atoms with Crippen LogP contribution in [0.1, 0.15) is 11.1 Å². The molecule has 0 atom stereocenters. The van der Waals surface area contributed by atoms with Gasteiger partial charge in [-0.1, -0.05) is 91.0 Å². The van der Waals surface area contributed by atoms with Crippen LogP contribution in [0.25, 0.3) is 22.0 Å². The first kappa shape index (κ1) is 25.9. The van der Waals surface area contributed by atoms with Gasteiger partial charge in [0.1, 0.15) is 0 Å². The summed E-state index contributed by atoms with van der Waals surface area (Å²) in [6, 6.07) is 31.9. The zero-order chi connectivity index (χ0) is 26.8. The summed E-state index contributed by atoms with van der Waals surface area (Å²) >= 11 is 0. The molecular formula is C29H26N2O5S2. The second-order valence-corrected chi connectivity index (χ2v) is 12.2. The number of rotatable bonds is 9. The van der Waals surface area contributed by atoms with Gasteiger partial charge in [0.15, 0.2) is 5.03 Å². The molecular weight excluding hydrogens is 520 g/mol. The van der Waals surface area contributed by atoms with Crippen LogP contribution in [0, 0.1) is 0 Å². The van der Waals surface area contributed by atoms with E-state index in [1.165, 1.54) is 19.2 Å². The highest BCUT2D eigenvalue weighted by atomic mass is 32.2. The highest BCUT2D eigenvalue weighted by Gasteiger charge is 2.33. The smallest absolute Gasteiger partial charge is 0.269 e. The van der Waals surface area contributed by atoms with Crippen LogP contribution in [-0.4, -0.2) is 27.9 Å². The second-order valence-electron chi connectivity index (χ2n) is 8.70. The lowest BCUT2D eigenvalue weighted by Gasteiger charge is -2.14. The number of methoxy groups -OCH3 is 1. The summed E-state index contributed by atoms with van der Waals surface area (Å²) in [4.78, 5) is -0.0160. The summed E-state index contributed by atoms with van der Waals surface area (Å²) < 4.78 is 64.1. The maximum Gasteiger partial charge on any atom is 0.269 e. The number of para-hydroxylation sites is 1. The first-order valence-corrected chi connectivity index (χ1v) is 14.8. The standard InChI is InChI=1S/C29H26N2O5S2/c1-36-21-27-26-14-8-9-15-28(26)31(38(34,35)25-12-6-3-7-13-25)29(27)37(32,33)30-20-22-16-18-24(19-17-22)23-10-4-2-5-11-23/h2-19,30H,20-21H2,1H3. The van der Waals surface area contributed by atoms with Crippen molar-refractivity contribution >= 4 is 30.9 Å². The minimum atomic E-state index is -4.30. The molecule has 0 aliphatic rings. The van der Waals surface area contributed by atoms with Gasteiger partial charge in [-0.2, -0.15) is 0 Å². The van der Waals surface area contributed by atoms with Crippen LogP contribution in [0.2, 0.25) is 0 Å². The number of hydrogen-bond donors (Lipinski definition) is 1. The zero-order valence-electron chi connectivity index (χ0n) is 20.6. The van der Waals surface area contributed by atoms with Gasteiger partial charge in [-0.3, -0.25) is 0 Å². The molecule has 0 amide bonds. The molecule has 1 aromatic heterocycles. The van der Waals surface area contributed by atoms with Gasteiger partial charge < -0.3 is 4.74 Å². The molecule has 9 heteroatoms. The summed E-state index contributed by atoms with van der Waals surface area (Å²) in [5.74, 6) is 0. The van der Waals surface area contributed by atoms with Crippen molar-refractivity contribution in [1.29, 1.82) is 0 Å². The van der Waals surface area contributed by atoms with Gasteiger partial charge in [0, 0.05) is 24.6 Å². The number of fused-ring (bicyclic) bond motifs is 1. The molecule has 4 aromatic carbocycles. The van der Waals surface area contributed by atoms with Gasteiger partial charge >= 0.3 is 0 Å². The lowest BCUT2D eigenvalue weighted by molar-refractivity contribution is 0.183. The van der Waals surface area contributed by atoms with Gasteiger partial charge in [0.2, 0.25) is 0 Å². The van der Waals surface area contributed by atoms with E-state index in [9.17, 15) is 16.8 Å². The van der Waals surface area contributed by atoms with Crippen LogP contribution in [0.15, 0.2) is 119 Å². The zero-order valence-corrected chi connectivity index (χ0v) is 22.2. The first-order valence-electron chi connectivity index (χ1n) is 11.9. The Morgan fingerprint density at radius 1 is 0.711 bits per heavy atom. The molecule has 7 nitrogen and oxygen atoms in total. The quantitative estimate of drug-likeness (QED) is 0.275. The summed E-state index contributed by atoms with van der Waals surface area (Å²) in [5.41, 5.74) is 3.33. The predicted molar refractivity (Wildman–Crippen MR) is 148 cm³/mol. The molecule has 0 radical (unpaired) electrons. The van der Waals surface area contributed by atoms with E-state index in [1.54, 1.807) is 42.5 Å². The topological polar surface area (TPSA) is 94.5 Å². The van der Waals surface area contributed by atoms with Crippen molar-refractivity contribution in [1.82, 2.24) is 8.69 Å². The molecule has 0 bridgehead atoms. The second kappa shape index (κ2) is 10.5. The highest BCUT2D eigenvalue weighted by Crippen LogP contribution is 2.34. The van der Waals surface area contributed by atoms with Crippen LogP contribution in [-0.2, 0) is 37.9 Å². The fourth-order valence-corrected chi connectivity index (χ4v) is 7.79. The van der Waals surface area contributed by atoms with Gasteiger partial charge in [-0.15, -0.1) is 0 Å². The van der Waals surface area contributed by atoms with E-state index < -0.39 is 20.0 Å². The van der Waals surface area contributed by atoms with E-state index in [0.29, 0.717) is 5.39 Å². The SMILES string of the molecule is COCc1c(S(=O)(=O)NCc2ccc(-c3ccccc3)cc2)n(S(=O)(=O)c2ccccc2)c2ccccc12.